The molecule has 2 aromatic rings. The number of amides is 1. The largest absolute Gasteiger partial charge is 0.360 e. The number of carbonyl (C=O) groups is 1. The van der Waals surface area contributed by atoms with Crippen molar-refractivity contribution in [2.24, 2.45) is 0 Å². The van der Waals surface area contributed by atoms with E-state index >= 15 is 0 Å². The van der Waals surface area contributed by atoms with Gasteiger partial charge in [-0.25, -0.2) is 5.43 Å². The van der Waals surface area contributed by atoms with E-state index in [0.717, 1.165) is 43.4 Å². The first kappa shape index (κ1) is 15.4. The van der Waals surface area contributed by atoms with Gasteiger partial charge in [-0.15, -0.1) is 0 Å². The average Bonchev–Trinajstić information content (AvgIpc) is 3.27. The average molecular weight is 326 g/mol. The summed E-state index contributed by atoms with van der Waals surface area (Å²) >= 11 is 0. The van der Waals surface area contributed by atoms with Crippen molar-refractivity contribution in [1.29, 1.82) is 0 Å². The fourth-order valence-corrected chi connectivity index (χ4v) is 3.52. The van der Waals surface area contributed by atoms with Crippen molar-refractivity contribution in [3.8, 4) is 0 Å². The van der Waals surface area contributed by atoms with Gasteiger partial charge in [-0.2, -0.15) is 0 Å². The van der Waals surface area contributed by atoms with Gasteiger partial charge in [-0.05, 0) is 31.2 Å². The van der Waals surface area contributed by atoms with Crippen molar-refractivity contribution >= 4 is 5.91 Å². The first-order valence-corrected chi connectivity index (χ1v) is 8.63. The van der Waals surface area contributed by atoms with Gasteiger partial charge in [0.15, 0.2) is 5.69 Å². The molecule has 0 radical (unpaired) electrons. The molecule has 24 heavy (non-hydrogen) atoms. The van der Waals surface area contributed by atoms with Gasteiger partial charge in [0.25, 0.3) is 5.91 Å². The zero-order valence-corrected chi connectivity index (χ0v) is 13.5. The molecule has 2 unspecified atom stereocenters. The molecule has 4 rings (SSSR count). The lowest BCUT2D eigenvalue weighted by Crippen LogP contribution is -2.40. The molecule has 1 aliphatic carbocycles. The van der Waals surface area contributed by atoms with E-state index in [2.05, 4.69) is 33.5 Å². The van der Waals surface area contributed by atoms with Crippen LogP contribution in [0.15, 0.2) is 34.9 Å². The van der Waals surface area contributed by atoms with Crippen LogP contribution < -0.4 is 16.2 Å². The van der Waals surface area contributed by atoms with Crippen LogP contribution >= 0.6 is 0 Å². The summed E-state index contributed by atoms with van der Waals surface area (Å²) < 4.78 is 5.32. The highest BCUT2D eigenvalue weighted by molar-refractivity contribution is 5.93. The minimum atomic E-state index is -0.133. The second-order valence-corrected chi connectivity index (χ2v) is 6.53. The number of nitrogens with one attached hydrogen (secondary N) is 3. The first-order valence-electron chi connectivity index (χ1n) is 8.63. The van der Waals surface area contributed by atoms with Crippen molar-refractivity contribution in [2.75, 3.05) is 6.54 Å². The minimum Gasteiger partial charge on any atom is -0.360 e. The quantitative estimate of drug-likeness (QED) is 0.800. The smallest absolute Gasteiger partial charge is 0.273 e. The molecule has 2 aliphatic rings. The molecule has 1 aromatic heterocycles. The van der Waals surface area contributed by atoms with Crippen LogP contribution in [0.1, 0.15) is 52.7 Å². The summed E-state index contributed by atoms with van der Waals surface area (Å²) in [4.78, 5) is 12.4. The summed E-state index contributed by atoms with van der Waals surface area (Å²) in [5.74, 6) is 0.753. The van der Waals surface area contributed by atoms with E-state index in [4.69, 9.17) is 4.52 Å². The highest BCUT2D eigenvalue weighted by Crippen LogP contribution is 2.24. The van der Waals surface area contributed by atoms with Crippen molar-refractivity contribution in [1.82, 2.24) is 21.3 Å². The van der Waals surface area contributed by atoms with E-state index in [1.165, 1.54) is 5.56 Å². The summed E-state index contributed by atoms with van der Waals surface area (Å²) in [6.07, 6.45) is 4.92. The van der Waals surface area contributed by atoms with Crippen LogP contribution in [0.2, 0.25) is 0 Å². The van der Waals surface area contributed by atoms with E-state index in [1.54, 1.807) is 0 Å². The van der Waals surface area contributed by atoms with Crippen LogP contribution in [0.25, 0.3) is 0 Å². The molecule has 6 nitrogen and oxygen atoms in total. The lowest BCUT2D eigenvalue weighted by Gasteiger charge is -2.12. The number of carbonyl (C=O) groups excluding carboxylic acids is 1. The molecule has 126 valence electrons. The summed E-state index contributed by atoms with van der Waals surface area (Å²) in [5.41, 5.74) is 9.28. The number of fused-ring (bicyclic) bond motifs is 1. The van der Waals surface area contributed by atoms with Gasteiger partial charge in [-0.1, -0.05) is 35.5 Å². The van der Waals surface area contributed by atoms with Crippen LogP contribution in [-0.4, -0.2) is 23.7 Å². The van der Waals surface area contributed by atoms with Crippen LogP contribution in [0, 0.1) is 0 Å². The molecule has 0 spiro atoms. The summed E-state index contributed by atoms with van der Waals surface area (Å²) in [7, 11) is 0. The van der Waals surface area contributed by atoms with E-state index in [9.17, 15) is 4.79 Å². The number of hydrogen-bond donors (Lipinski definition) is 3. The van der Waals surface area contributed by atoms with Crippen molar-refractivity contribution in [3.63, 3.8) is 0 Å². The molecule has 6 heteroatoms. The van der Waals surface area contributed by atoms with Gasteiger partial charge in [0.2, 0.25) is 0 Å². The lowest BCUT2D eigenvalue weighted by molar-refractivity contribution is 0.0940. The molecular formula is C18H22N4O2. The minimum absolute atomic E-state index is 0.133. The van der Waals surface area contributed by atoms with Gasteiger partial charge in [0.1, 0.15) is 5.76 Å². The Hall–Kier alpha value is -2.18. The fraction of sp³-hybridized carbons (Fsp3) is 0.444. The Morgan fingerprint density at radius 2 is 2.04 bits per heavy atom. The molecule has 1 saturated heterocycles. The molecule has 3 N–H and O–H groups in total. The molecule has 1 aromatic carbocycles. The Kier molecular flexibility index (Phi) is 4.32. The Morgan fingerprint density at radius 1 is 1.21 bits per heavy atom. The molecule has 2 heterocycles. The first-order chi connectivity index (χ1) is 11.8. The standard InChI is InChI=1S/C18H22N4O2/c23-18(17-14-8-4-5-9-16(14)24-22-17)19-11-13-10-15(21-20-13)12-6-2-1-3-7-12/h1-3,6-7,13,15,20-21H,4-5,8-11H2,(H,19,23). The Bertz CT molecular complexity index is 713. The predicted molar refractivity (Wildman–Crippen MR) is 89.3 cm³/mol. The maximum atomic E-state index is 12.4. The number of hydrazine groups is 1. The summed E-state index contributed by atoms with van der Waals surface area (Å²) in [6, 6.07) is 10.8. The highest BCUT2D eigenvalue weighted by atomic mass is 16.5. The highest BCUT2D eigenvalue weighted by Gasteiger charge is 2.27. The van der Waals surface area contributed by atoms with E-state index in [0.29, 0.717) is 12.2 Å². The second-order valence-electron chi connectivity index (χ2n) is 6.53. The second kappa shape index (κ2) is 6.75. The predicted octanol–water partition coefficient (Wildman–Crippen LogP) is 1.89. The summed E-state index contributed by atoms with van der Waals surface area (Å²) in [5, 5.41) is 6.97. The third-order valence-corrected chi connectivity index (χ3v) is 4.86. The number of aromatic nitrogens is 1. The molecule has 0 saturated carbocycles. The number of benzene rings is 1. The van der Waals surface area contributed by atoms with E-state index < -0.39 is 0 Å². The Labute approximate surface area is 141 Å². The normalized spacial score (nSPS) is 23.0. The molecular weight excluding hydrogens is 304 g/mol. The van der Waals surface area contributed by atoms with Crippen molar-refractivity contribution in [3.05, 3.63) is 52.9 Å². The molecule has 2 atom stereocenters. The monoisotopic (exact) mass is 326 g/mol. The van der Waals surface area contributed by atoms with Gasteiger partial charge in [0.05, 0.1) is 0 Å². The lowest BCUT2D eigenvalue weighted by atomic mass is 9.96. The van der Waals surface area contributed by atoms with Crippen LogP contribution in [0.5, 0.6) is 0 Å². The SMILES string of the molecule is O=C(NCC1CC(c2ccccc2)NN1)c1noc2c1CCCC2. The third-order valence-electron chi connectivity index (χ3n) is 4.86. The van der Waals surface area contributed by atoms with Crippen LogP contribution in [0.4, 0.5) is 0 Å². The Morgan fingerprint density at radius 3 is 2.92 bits per heavy atom. The van der Waals surface area contributed by atoms with Gasteiger partial charge in [0, 0.05) is 30.6 Å². The van der Waals surface area contributed by atoms with Crippen molar-refractivity contribution < 1.29 is 9.32 Å². The number of nitrogens with zero attached hydrogens (tertiary/aromatic N) is 1. The molecule has 1 fully saturated rings. The maximum absolute atomic E-state index is 12.4. The Balaban J connectivity index is 1.33. The summed E-state index contributed by atoms with van der Waals surface area (Å²) in [6.45, 7) is 0.566. The zero-order chi connectivity index (χ0) is 16.4. The number of aryl methyl sites for hydroxylation is 1. The van der Waals surface area contributed by atoms with Gasteiger partial charge in [-0.3, -0.25) is 10.2 Å². The molecule has 0 bridgehead atoms. The topological polar surface area (TPSA) is 79.2 Å². The van der Waals surface area contributed by atoms with Crippen LogP contribution in [0.3, 0.4) is 0 Å². The van der Waals surface area contributed by atoms with Crippen molar-refractivity contribution in [2.45, 2.75) is 44.2 Å². The van der Waals surface area contributed by atoms with Crippen LogP contribution in [-0.2, 0) is 12.8 Å². The van der Waals surface area contributed by atoms with Gasteiger partial charge < -0.3 is 9.84 Å². The van der Waals surface area contributed by atoms with Gasteiger partial charge >= 0.3 is 0 Å². The number of hydrogen-bond acceptors (Lipinski definition) is 5. The van der Waals surface area contributed by atoms with E-state index in [-0.39, 0.29) is 18.0 Å². The fourth-order valence-electron chi connectivity index (χ4n) is 3.52. The van der Waals surface area contributed by atoms with E-state index in [1.807, 2.05) is 18.2 Å². The zero-order valence-electron chi connectivity index (χ0n) is 13.5. The molecule has 1 aliphatic heterocycles. The maximum Gasteiger partial charge on any atom is 0.273 e. The molecule has 1 amide bonds. The number of rotatable bonds is 4. The third kappa shape index (κ3) is 3.07.